The summed E-state index contributed by atoms with van der Waals surface area (Å²) in [5, 5.41) is 9.11. The molecule has 0 amide bonds. The van der Waals surface area contributed by atoms with Crippen LogP contribution >= 0.6 is 0 Å². The van der Waals surface area contributed by atoms with Gasteiger partial charge in [0.15, 0.2) is 0 Å². The Balaban J connectivity index is 3.34. The van der Waals surface area contributed by atoms with Crippen molar-refractivity contribution in [3.05, 3.63) is 34.9 Å². The maximum atomic E-state index is 13.2. The number of halogens is 2. The molecule has 3 heteroatoms. The van der Waals surface area contributed by atoms with Gasteiger partial charge in [-0.2, -0.15) is 0 Å². The summed E-state index contributed by atoms with van der Waals surface area (Å²) in [5.41, 5.74) is 0.287. The number of aliphatic hydroxyl groups is 1. The number of hydrogen-bond acceptors (Lipinski definition) is 1. The lowest BCUT2D eigenvalue weighted by molar-refractivity contribution is 0.217. The van der Waals surface area contributed by atoms with E-state index in [9.17, 15) is 8.78 Å². The Morgan fingerprint density at radius 1 is 1.29 bits per heavy atom. The second-order valence-electron chi connectivity index (χ2n) is 4.10. The van der Waals surface area contributed by atoms with Crippen molar-refractivity contribution in [2.24, 2.45) is 0 Å². The first kappa shape index (κ1) is 11.1. The summed E-state index contributed by atoms with van der Waals surface area (Å²) in [6.07, 6.45) is 0. The molecule has 0 radical (unpaired) electrons. The van der Waals surface area contributed by atoms with E-state index in [0.29, 0.717) is 11.1 Å². The molecule has 1 aromatic carbocycles. The van der Waals surface area contributed by atoms with Crippen molar-refractivity contribution >= 4 is 0 Å². The third kappa shape index (κ3) is 1.93. The molecule has 0 unspecified atom stereocenters. The first-order chi connectivity index (χ1) is 6.38. The Hall–Kier alpha value is -0.960. The van der Waals surface area contributed by atoms with Crippen LogP contribution in [0.1, 0.15) is 25.0 Å². The van der Waals surface area contributed by atoms with Crippen LogP contribution in [0.5, 0.6) is 0 Å². The minimum atomic E-state index is -0.618. The van der Waals surface area contributed by atoms with E-state index in [-0.39, 0.29) is 6.61 Å². The predicted octanol–water partition coefficient (Wildman–Crippen LogP) is 2.54. The summed E-state index contributed by atoms with van der Waals surface area (Å²) in [6, 6.07) is 2.13. The van der Waals surface area contributed by atoms with Gasteiger partial charge in [0.05, 0.1) is 6.61 Å². The Morgan fingerprint density at radius 2 is 1.86 bits per heavy atom. The Kier molecular flexibility index (Phi) is 2.90. The first-order valence-corrected chi connectivity index (χ1v) is 4.45. The third-order valence-electron chi connectivity index (χ3n) is 2.43. The fraction of sp³-hybridized carbons (Fsp3) is 0.455. The van der Waals surface area contributed by atoms with Crippen LogP contribution in [0.4, 0.5) is 8.78 Å². The van der Waals surface area contributed by atoms with Crippen LogP contribution in [0.15, 0.2) is 12.1 Å². The van der Waals surface area contributed by atoms with E-state index < -0.39 is 17.0 Å². The van der Waals surface area contributed by atoms with E-state index >= 15 is 0 Å². The molecule has 0 aromatic heterocycles. The first-order valence-electron chi connectivity index (χ1n) is 4.45. The van der Waals surface area contributed by atoms with Gasteiger partial charge in [-0.15, -0.1) is 0 Å². The average molecular weight is 200 g/mol. The molecule has 0 saturated heterocycles. The molecule has 0 spiro atoms. The lowest BCUT2D eigenvalue weighted by atomic mass is 9.82. The second kappa shape index (κ2) is 3.65. The van der Waals surface area contributed by atoms with E-state index in [2.05, 4.69) is 0 Å². The van der Waals surface area contributed by atoms with E-state index in [1.54, 1.807) is 20.8 Å². The normalized spacial score (nSPS) is 11.9. The van der Waals surface area contributed by atoms with Crippen LogP contribution in [0.2, 0.25) is 0 Å². The molecule has 0 aliphatic heterocycles. The molecule has 0 fully saturated rings. The minimum absolute atomic E-state index is 0.142. The van der Waals surface area contributed by atoms with Crippen LogP contribution in [0.3, 0.4) is 0 Å². The Morgan fingerprint density at radius 3 is 2.36 bits per heavy atom. The SMILES string of the molecule is Cc1c(F)cc(F)cc1C(C)(C)CO. The standard InChI is InChI=1S/C11H14F2O/c1-7-9(11(2,3)6-14)4-8(12)5-10(7)13/h4-5,14H,6H2,1-3H3. The van der Waals surface area contributed by atoms with Crippen LogP contribution < -0.4 is 0 Å². The number of benzene rings is 1. The number of rotatable bonds is 2. The highest BCUT2D eigenvalue weighted by Gasteiger charge is 2.23. The van der Waals surface area contributed by atoms with Crippen LogP contribution in [-0.2, 0) is 5.41 Å². The molecule has 0 atom stereocenters. The van der Waals surface area contributed by atoms with Crippen molar-refractivity contribution in [3.63, 3.8) is 0 Å². The summed E-state index contributed by atoms with van der Waals surface area (Å²) in [6.45, 7) is 4.93. The molecule has 1 N–H and O–H groups in total. The van der Waals surface area contributed by atoms with Gasteiger partial charge in [0.25, 0.3) is 0 Å². The molecule has 1 aromatic rings. The maximum absolute atomic E-state index is 13.2. The molecule has 0 saturated carbocycles. The highest BCUT2D eigenvalue weighted by atomic mass is 19.1. The van der Waals surface area contributed by atoms with Crippen molar-refractivity contribution in [1.82, 2.24) is 0 Å². The van der Waals surface area contributed by atoms with E-state index in [1.807, 2.05) is 0 Å². The van der Waals surface area contributed by atoms with Gasteiger partial charge in [0.2, 0.25) is 0 Å². The van der Waals surface area contributed by atoms with Crippen LogP contribution in [-0.4, -0.2) is 11.7 Å². The molecular formula is C11H14F2O. The highest BCUT2D eigenvalue weighted by molar-refractivity contribution is 5.34. The number of hydrogen-bond donors (Lipinski definition) is 1. The predicted molar refractivity (Wildman–Crippen MR) is 51.2 cm³/mol. The Labute approximate surface area is 82.4 Å². The van der Waals surface area contributed by atoms with Gasteiger partial charge < -0.3 is 5.11 Å². The van der Waals surface area contributed by atoms with Crippen LogP contribution in [0.25, 0.3) is 0 Å². The zero-order valence-electron chi connectivity index (χ0n) is 8.56. The minimum Gasteiger partial charge on any atom is -0.395 e. The molecule has 78 valence electrons. The quantitative estimate of drug-likeness (QED) is 0.777. The molecule has 1 nitrogen and oxygen atoms in total. The van der Waals surface area contributed by atoms with Gasteiger partial charge in [0.1, 0.15) is 11.6 Å². The van der Waals surface area contributed by atoms with Gasteiger partial charge in [-0.3, -0.25) is 0 Å². The fourth-order valence-corrected chi connectivity index (χ4v) is 1.43. The molecule has 0 heterocycles. The number of aliphatic hydroxyl groups excluding tert-OH is 1. The second-order valence-corrected chi connectivity index (χ2v) is 4.10. The largest absolute Gasteiger partial charge is 0.395 e. The lowest BCUT2D eigenvalue weighted by Gasteiger charge is -2.24. The monoisotopic (exact) mass is 200 g/mol. The van der Waals surface area contributed by atoms with Gasteiger partial charge in [-0.1, -0.05) is 13.8 Å². The van der Waals surface area contributed by atoms with Gasteiger partial charge in [-0.05, 0) is 24.1 Å². The van der Waals surface area contributed by atoms with Crippen molar-refractivity contribution in [3.8, 4) is 0 Å². The summed E-state index contributed by atoms with van der Waals surface area (Å²) >= 11 is 0. The molecule has 14 heavy (non-hydrogen) atoms. The van der Waals surface area contributed by atoms with E-state index in [1.165, 1.54) is 6.07 Å². The van der Waals surface area contributed by atoms with Crippen LogP contribution in [0, 0.1) is 18.6 Å². The highest BCUT2D eigenvalue weighted by Crippen LogP contribution is 2.27. The molecule has 0 bridgehead atoms. The average Bonchev–Trinajstić information content (AvgIpc) is 2.11. The third-order valence-corrected chi connectivity index (χ3v) is 2.43. The fourth-order valence-electron chi connectivity index (χ4n) is 1.43. The summed E-state index contributed by atoms with van der Waals surface area (Å²) in [7, 11) is 0. The molecule has 1 rings (SSSR count). The maximum Gasteiger partial charge on any atom is 0.129 e. The summed E-state index contributed by atoms with van der Waals surface area (Å²) < 4.78 is 26.1. The molecule has 0 aliphatic carbocycles. The van der Waals surface area contributed by atoms with E-state index in [4.69, 9.17) is 5.11 Å². The zero-order valence-corrected chi connectivity index (χ0v) is 8.56. The Bertz CT molecular complexity index is 345. The van der Waals surface area contributed by atoms with Gasteiger partial charge in [0, 0.05) is 11.5 Å². The zero-order chi connectivity index (χ0) is 10.9. The van der Waals surface area contributed by atoms with Crippen molar-refractivity contribution in [2.75, 3.05) is 6.61 Å². The summed E-state index contributed by atoms with van der Waals surface area (Å²) in [4.78, 5) is 0. The lowest BCUT2D eigenvalue weighted by Crippen LogP contribution is -2.24. The van der Waals surface area contributed by atoms with Crippen molar-refractivity contribution in [2.45, 2.75) is 26.2 Å². The summed E-state index contributed by atoms with van der Waals surface area (Å²) in [5.74, 6) is -1.17. The van der Waals surface area contributed by atoms with Crippen molar-refractivity contribution < 1.29 is 13.9 Å². The molecule has 0 aliphatic rings. The smallest absolute Gasteiger partial charge is 0.129 e. The van der Waals surface area contributed by atoms with Gasteiger partial charge >= 0.3 is 0 Å². The molecular weight excluding hydrogens is 186 g/mol. The van der Waals surface area contributed by atoms with Crippen molar-refractivity contribution in [1.29, 1.82) is 0 Å². The topological polar surface area (TPSA) is 20.2 Å². The van der Waals surface area contributed by atoms with Gasteiger partial charge in [-0.25, -0.2) is 8.78 Å². The van der Waals surface area contributed by atoms with E-state index in [0.717, 1.165) is 6.07 Å².